The van der Waals surface area contributed by atoms with E-state index < -0.39 is 0 Å². The Morgan fingerprint density at radius 3 is 2.75 bits per heavy atom. The molecule has 110 valence electrons. The van der Waals surface area contributed by atoms with Crippen LogP contribution >= 0.6 is 0 Å². The maximum absolute atomic E-state index is 12.6. The monoisotopic (exact) mass is 277 g/mol. The molecule has 1 aliphatic rings. The minimum atomic E-state index is -0.0317. The van der Waals surface area contributed by atoms with Crippen molar-refractivity contribution in [3.8, 4) is 5.75 Å². The first-order valence-corrected chi connectivity index (χ1v) is 7.20. The number of rotatable bonds is 4. The van der Waals surface area contributed by atoms with Gasteiger partial charge in [0.1, 0.15) is 0 Å². The summed E-state index contributed by atoms with van der Waals surface area (Å²) < 4.78 is 5.68. The smallest absolute Gasteiger partial charge is 0.276 e. The molecule has 1 N–H and O–H groups in total. The minimum Gasteiger partial charge on any atom is -0.489 e. The van der Waals surface area contributed by atoms with Gasteiger partial charge in [0.25, 0.3) is 5.91 Å². The van der Waals surface area contributed by atoms with Gasteiger partial charge >= 0.3 is 0 Å². The van der Waals surface area contributed by atoms with Crippen molar-refractivity contribution in [3.05, 3.63) is 24.0 Å². The Hall–Kier alpha value is -1.62. The number of hydrogen-bond acceptors (Lipinski definition) is 4. The highest BCUT2D eigenvalue weighted by Gasteiger charge is 2.25. The van der Waals surface area contributed by atoms with Crippen LogP contribution < -0.4 is 10.1 Å². The number of nitrogens with zero attached hydrogens (tertiary/aromatic N) is 2. The number of ether oxygens (including phenoxy) is 1. The quantitative estimate of drug-likeness (QED) is 0.910. The molecule has 0 bridgehead atoms. The lowest BCUT2D eigenvalue weighted by atomic mass is 10.0. The fraction of sp³-hybridized carbons (Fsp3) is 0.600. The normalized spacial score (nSPS) is 16.5. The Bertz CT molecular complexity index is 454. The standard InChI is InChI=1S/C15H23N3O2/c1-11(2)20-13-5-4-8-17-14(13)15(19)18-9-6-12(16-3)7-10-18/h4-5,8,11-12,16H,6-7,9-10H2,1-3H3. The lowest BCUT2D eigenvalue weighted by Crippen LogP contribution is -2.44. The molecule has 2 rings (SSSR count). The number of nitrogens with one attached hydrogen (secondary N) is 1. The third-order valence-electron chi connectivity index (χ3n) is 3.53. The van der Waals surface area contributed by atoms with E-state index in [1.165, 1.54) is 0 Å². The first-order chi connectivity index (χ1) is 9.61. The van der Waals surface area contributed by atoms with Gasteiger partial charge in [0.2, 0.25) is 0 Å². The number of carbonyl (C=O) groups excluding carboxylic acids is 1. The first kappa shape index (κ1) is 14.8. The van der Waals surface area contributed by atoms with Crippen molar-refractivity contribution in [2.75, 3.05) is 20.1 Å². The number of piperidine rings is 1. The van der Waals surface area contributed by atoms with E-state index in [9.17, 15) is 4.79 Å². The molecule has 1 aliphatic heterocycles. The second-order valence-corrected chi connectivity index (χ2v) is 5.37. The maximum atomic E-state index is 12.6. The summed E-state index contributed by atoms with van der Waals surface area (Å²) >= 11 is 0. The van der Waals surface area contributed by atoms with Gasteiger partial charge < -0.3 is 15.0 Å². The van der Waals surface area contributed by atoms with E-state index in [0.29, 0.717) is 17.5 Å². The topological polar surface area (TPSA) is 54.5 Å². The molecule has 1 fully saturated rings. The van der Waals surface area contributed by atoms with E-state index in [-0.39, 0.29) is 12.0 Å². The molecule has 0 saturated carbocycles. The van der Waals surface area contributed by atoms with E-state index in [1.54, 1.807) is 18.3 Å². The average molecular weight is 277 g/mol. The van der Waals surface area contributed by atoms with Crippen LogP contribution in [-0.2, 0) is 0 Å². The molecule has 2 heterocycles. The van der Waals surface area contributed by atoms with Gasteiger partial charge in [-0.3, -0.25) is 4.79 Å². The maximum Gasteiger partial charge on any atom is 0.276 e. The zero-order valence-corrected chi connectivity index (χ0v) is 12.4. The van der Waals surface area contributed by atoms with Gasteiger partial charge in [-0.05, 0) is 45.9 Å². The third kappa shape index (κ3) is 3.48. The van der Waals surface area contributed by atoms with E-state index >= 15 is 0 Å². The molecule has 1 aromatic rings. The van der Waals surface area contributed by atoms with Crippen molar-refractivity contribution in [1.82, 2.24) is 15.2 Å². The van der Waals surface area contributed by atoms with Crippen LogP contribution in [0.4, 0.5) is 0 Å². The highest BCUT2D eigenvalue weighted by atomic mass is 16.5. The predicted molar refractivity (Wildman–Crippen MR) is 78.0 cm³/mol. The van der Waals surface area contributed by atoms with Crippen molar-refractivity contribution in [3.63, 3.8) is 0 Å². The second-order valence-electron chi connectivity index (χ2n) is 5.37. The van der Waals surface area contributed by atoms with Crippen molar-refractivity contribution in [2.24, 2.45) is 0 Å². The molecule has 1 saturated heterocycles. The lowest BCUT2D eigenvalue weighted by molar-refractivity contribution is 0.0694. The second kappa shape index (κ2) is 6.70. The molecule has 0 atom stereocenters. The summed E-state index contributed by atoms with van der Waals surface area (Å²) in [7, 11) is 1.97. The van der Waals surface area contributed by atoms with Crippen molar-refractivity contribution < 1.29 is 9.53 Å². The Kier molecular flexibility index (Phi) is 4.95. The summed E-state index contributed by atoms with van der Waals surface area (Å²) in [5, 5.41) is 3.26. The van der Waals surface area contributed by atoms with E-state index in [4.69, 9.17) is 4.74 Å². The molecule has 0 aliphatic carbocycles. The summed E-state index contributed by atoms with van der Waals surface area (Å²) in [6.07, 6.45) is 3.63. The summed E-state index contributed by atoms with van der Waals surface area (Å²) in [5.74, 6) is 0.541. The number of likely N-dealkylation sites (tertiary alicyclic amines) is 1. The zero-order valence-electron chi connectivity index (χ0n) is 12.4. The van der Waals surface area contributed by atoms with Crippen LogP contribution in [0.25, 0.3) is 0 Å². The minimum absolute atomic E-state index is 0.0285. The molecular formula is C15H23N3O2. The zero-order chi connectivity index (χ0) is 14.5. The molecule has 0 spiro atoms. The van der Waals surface area contributed by atoms with Crippen molar-refractivity contribution in [2.45, 2.75) is 38.8 Å². The van der Waals surface area contributed by atoms with Crippen LogP contribution in [0.5, 0.6) is 5.75 Å². The Balaban J connectivity index is 2.09. The molecule has 0 radical (unpaired) electrons. The highest BCUT2D eigenvalue weighted by Crippen LogP contribution is 2.21. The summed E-state index contributed by atoms with van der Waals surface area (Å²) in [5.41, 5.74) is 0.420. The average Bonchev–Trinajstić information content (AvgIpc) is 2.46. The molecule has 20 heavy (non-hydrogen) atoms. The van der Waals surface area contributed by atoms with E-state index in [1.807, 2.05) is 25.8 Å². The third-order valence-corrected chi connectivity index (χ3v) is 3.53. The number of pyridine rings is 1. The number of carbonyl (C=O) groups is 1. The molecule has 5 heteroatoms. The fourth-order valence-corrected chi connectivity index (χ4v) is 2.42. The SMILES string of the molecule is CNC1CCN(C(=O)c2ncccc2OC(C)C)CC1. The van der Waals surface area contributed by atoms with Crippen molar-refractivity contribution in [1.29, 1.82) is 0 Å². The molecule has 0 unspecified atom stereocenters. The fourth-order valence-electron chi connectivity index (χ4n) is 2.42. The van der Waals surface area contributed by atoms with Crippen LogP contribution in [-0.4, -0.2) is 48.1 Å². The van der Waals surface area contributed by atoms with Crippen LogP contribution in [0.2, 0.25) is 0 Å². The van der Waals surface area contributed by atoms with Crippen LogP contribution in [0.15, 0.2) is 18.3 Å². The van der Waals surface area contributed by atoms with Crippen LogP contribution in [0, 0.1) is 0 Å². The molecular weight excluding hydrogens is 254 g/mol. The number of amides is 1. The van der Waals surface area contributed by atoms with Crippen LogP contribution in [0.3, 0.4) is 0 Å². The van der Waals surface area contributed by atoms with Gasteiger partial charge in [-0.25, -0.2) is 4.98 Å². The molecule has 1 amide bonds. The summed E-state index contributed by atoms with van der Waals surface area (Å²) in [6.45, 7) is 5.42. The largest absolute Gasteiger partial charge is 0.489 e. The Labute approximate surface area is 120 Å². The van der Waals surface area contributed by atoms with Crippen molar-refractivity contribution >= 4 is 5.91 Å². The van der Waals surface area contributed by atoms with E-state index in [0.717, 1.165) is 25.9 Å². The van der Waals surface area contributed by atoms with Gasteiger partial charge in [0.05, 0.1) is 6.10 Å². The summed E-state index contributed by atoms with van der Waals surface area (Å²) in [4.78, 5) is 18.6. The molecule has 5 nitrogen and oxygen atoms in total. The van der Waals surface area contributed by atoms with Gasteiger partial charge in [0.15, 0.2) is 11.4 Å². The van der Waals surface area contributed by atoms with Gasteiger partial charge in [-0.1, -0.05) is 0 Å². The molecule has 0 aromatic carbocycles. The van der Waals surface area contributed by atoms with Gasteiger partial charge in [-0.2, -0.15) is 0 Å². The van der Waals surface area contributed by atoms with Gasteiger partial charge in [0, 0.05) is 25.3 Å². The Morgan fingerprint density at radius 1 is 1.45 bits per heavy atom. The van der Waals surface area contributed by atoms with Crippen LogP contribution in [0.1, 0.15) is 37.2 Å². The predicted octanol–water partition coefficient (Wildman–Crippen LogP) is 1.69. The van der Waals surface area contributed by atoms with E-state index in [2.05, 4.69) is 10.3 Å². The molecule has 1 aromatic heterocycles. The highest BCUT2D eigenvalue weighted by molar-refractivity contribution is 5.95. The number of aromatic nitrogens is 1. The Morgan fingerprint density at radius 2 is 2.15 bits per heavy atom. The number of hydrogen-bond donors (Lipinski definition) is 1. The summed E-state index contributed by atoms with van der Waals surface area (Å²) in [6, 6.07) is 4.11. The first-order valence-electron chi connectivity index (χ1n) is 7.20. The van der Waals surface area contributed by atoms with Gasteiger partial charge in [-0.15, -0.1) is 0 Å². The lowest BCUT2D eigenvalue weighted by Gasteiger charge is -2.31.